The zero-order valence-electron chi connectivity index (χ0n) is 21.5. The summed E-state index contributed by atoms with van der Waals surface area (Å²) in [6.45, 7) is 5.40. The Hall–Kier alpha value is -4.51. The number of oxazole rings is 1. The van der Waals surface area contributed by atoms with Crippen LogP contribution in [-0.2, 0) is 0 Å². The smallest absolute Gasteiger partial charge is 0.293 e. The highest BCUT2D eigenvalue weighted by molar-refractivity contribution is 7.80. The highest BCUT2D eigenvalue weighted by Gasteiger charge is 2.23. The van der Waals surface area contributed by atoms with Gasteiger partial charge in [-0.3, -0.25) is 20.2 Å². The highest BCUT2D eigenvalue weighted by atomic mass is 32.1. The van der Waals surface area contributed by atoms with Crippen molar-refractivity contribution in [3.63, 3.8) is 0 Å². The molecule has 0 saturated carbocycles. The Morgan fingerprint density at radius 2 is 1.87 bits per heavy atom. The van der Waals surface area contributed by atoms with Crippen molar-refractivity contribution in [2.24, 2.45) is 0 Å². The summed E-state index contributed by atoms with van der Waals surface area (Å²) in [5.74, 6) is -0.363. The maximum atomic E-state index is 12.9. The van der Waals surface area contributed by atoms with Gasteiger partial charge in [0.05, 0.1) is 10.5 Å². The number of hydrogen-bond acceptors (Lipinski definition) is 8. The Balaban J connectivity index is 1.32. The summed E-state index contributed by atoms with van der Waals surface area (Å²) in [6.07, 6.45) is 3.06. The van der Waals surface area contributed by atoms with Gasteiger partial charge in [0.2, 0.25) is 5.89 Å². The molecule has 0 spiro atoms. The molecule has 0 bridgehead atoms. The molecule has 1 aliphatic rings. The molecule has 39 heavy (non-hydrogen) atoms. The van der Waals surface area contributed by atoms with E-state index in [4.69, 9.17) is 16.6 Å². The van der Waals surface area contributed by atoms with Crippen LogP contribution in [0.15, 0.2) is 52.9 Å². The summed E-state index contributed by atoms with van der Waals surface area (Å²) < 4.78 is 5.93. The van der Waals surface area contributed by atoms with Crippen molar-refractivity contribution in [3.05, 3.63) is 75.3 Å². The Morgan fingerprint density at radius 3 is 2.62 bits per heavy atom. The minimum Gasteiger partial charge on any atom is -0.507 e. The standard InChI is InChI=1S/C28H27N5O5S/c1-16-12-17(2)25-21(13-16)30-27(38-25)20-15-19(7-9-24(20)34)29-28(39)31-26(35)18-6-8-22(23(14-18)33(36)37)32-10-4-3-5-11-32/h6-9,12-15,34H,3-5,10-11H2,1-2H3,(H2,29,31,35,39). The van der Waals surface area contributed by atoms with Crippen LogP contribution in [0.2, 0.25) is 0 Å². The fourth-order valence-corrected chi connectivity index (χ4v) is 5.04. The molecule has 200 valence electrons. The van der Waals surface area contributed by atoms with Crippen LogP contribution in [0, 0.1) is 24.0 Å². The first-order valence-electron chi connectivity index (χ1n) is 12.6. The first-order chi connectivity index (χ1) is 18.7. The Kier molecular flexibility index (Phi) is 7.16. The van der Waals surface area contributed by atoms with E-state index in [1.165, 1.54) is 12.1 Å². The topological polar surface area (TPSA) is 134 Å². The summed E-state index contributed by atoms with van der Waals surface area (Å²) in [4.78, 5) is 30.7. The molecule has 3 aromatic carbocycles. The number of carbonyl (C=O) groups excluding carboxylic acids is 1. The minimum absolute atomic E-state index is 0.0107. The van der Waals surface area contributed by atoms with Crippen molar-refractivity contribution in [2.45, 2.75) is 33.1 Å². The SMILES string of the molecule is Cc1cc(C)c2oc(-c3cc(NC(=S)NC(=O)c4ccc(N5CCCCC5)c([N+](=O)[O-])c4)ccc3O)nc2c1. The molecule has 0 radical (unpaired) electrons. The molecule has 0 aliphatic carbocycles. The summed E-state index contributed by atoms with van der Waals surface area (Å²) in [5.41, 5.74) is 4.65. The van der Waals surface area contributed by atoms with Crippen LogP contribution in [0.4, 0.5) is 17.1 Å². The zero-order chi connectivity index (χ0) is 27.7. The number of aryl methyl sites for hydroxylation is 2. The summed E-state index contributed by atoms with van der Waals surface area (Å²) >= 11 is 5.31. The van der Waals surface area contributed by atoms with E-state index in [1.807, 2.05) is 30.9 Å². The number of phenolic OH excluding ortho intramolecular Hbond substituents is 1. The van der Waals surface area contributed by atoms with Crippen molar-refractivity contribution in [2.75, 3.05) is 23.3 Å². The third kappa shape index (κ3) is 5.53. The first-order valence-corrected chi connectivity index (χ1v) is 13.0. The van der Waals surface area contributed by atoms with Crippen molar-refractivity contribution in [1.82, 2.24) is 10.3 Å². The molecule has 11 heteroatoms. The number of fused-ring (bicyclic) bond motifs is 1. The van der Waals surface area contributed by atoms with Crippen LogP contribution in [-0.4, -0.2) is 39.1 Å². The monoisotopic (exact) mass is 545 g/mol. The second kappa shape index (κ2) is 10.7. The number of nitrogens with one attached hydrogen (secondary N) is 2. The highest BCUT2D eigenvalue weighted by Crippen LogP contribution is 2.35. The number of hydrogen-bond donors (Lipinski definition) is 3. The summed E-state index contributed by atoms with van der Waals surface area (Å²) in [7, 11) is 0. The molecular weight excluding hydrogens is 518 g/mol. The van der Waals surface area contributed by atoms with Gasteiger partial charge in [0.1, 0.15) is 17.0 Å². The number of anilines is 2. The second-order valence-corrected chi connectivity index (χ2v) is 10.0. The quantitative estimate of drug-likeness (QED) is 0.122. The number of thiocarbonyl (C=S) groups is 1. The van der Waals surface area contributed by atoms with Gasteiger partial charge >= 0.3 is 0 Å². The van der Waals surface area contributed by atoms with Gasteiger partial charge in [0, 0.05) is 30.4 Å². The van der Waals surface area contributed by atoms with Gasteiger partial charge < -0.3 is 19.7 Å². The Labute approximate surface area is 229 Å². The summed E-state index contributed by atoms with van der Waals surface area (Å²) in [5, 5.41) is 27.7. The fraction of sp³-hybridized carbons (Fsp3) is 0.250. The molecule has 0 atom stereocenters. The Bertz CT molecular complexity index is 1610. The van der Waals surface area contributed by atoms with Crippen LogP contribution in [0.25, 0.3) is 22.6 Å². The van der Waals surface area contributed by atoms with Crippen molar-refractivity contribution < 1.29 is 19.2 Å². The van der Waals surface area contributed by atoms with Gasteiger partial charge in [0.15, 0.2) is 10.7 Å². The van der Waals surface area contributed by atoms with Gasteiger partial charge in [-0.2, -0.15) is 0 Å². The van der Waals surface area contributed by atoms with Crippen LogP contribution < -0.4 is 15.5 Å². The van der Waals surface area contributed by atoms with E-state index >= 15 is 0 Å². The van der Waals surface area contributed by atoms with E-state index in [1.54, 1.807) is 24.3 Å². The molecular formula is C28H27N5O5S. The van der Waals surface area contributed by atoms with Gasteiger partial charge in [-0.25, -0.2) is 4.98 Å². The lowest BCUT2D eigenvalue weighted by Gasteiger charge is -2.28. The van der Waals surface area contributed by atoms with E-state index in [0.717, 1.165) is 43.5 Å². The number of aromatic nitrogens is 1. The molecule has 10 nitrogen and oxygen atoms in total. The lowest BCUT2D eigenvalue weighted by Crippen LogP contribution is -2.34. The zero-order valence-corrected chi connectivity index (χ0v) is 22.3. The predicted octanol–water partition coefficient (Wildman–Crippen LogP) is 5.84. The number of nitrogens with zero attached hydrogens (tertiary/aromatic N) is 3. The Morgan fingerprint density at radius 1 is 1.10 bits per heavy atom. The molecule has 1 fully saturated rings. The van der Waals surface area contributed by atoms with Gasteiger partial charge in [0.25, 0.3) is 11.6 Å². The number of nitro benzene ring substituents is 1. The molecule has 3 N–H and O–H groups in total. The van der Waals surface area contributed by atoms with Gasteiger partial charge in [-0.05, 0) is 92.9 Å². The maximum Gasteiger partial charge on any atom is 0.293 e. The molecule has 0 unspecified atom stereocenters. The number of piperidine rings is 1. The average molecular weight is 546 g/mol. The second-order valence-electron chi connectivity index (χ2n) is 9.60. The fourth-order valence-electron chi connectivity index (χ4n) is 4.83. The lowest BCUT2D eigenvalue weighted by atomic mass is 10.1. The number of aromatic hydroxyl groups is 1. The van der Waals surface area contributed by atoms with Crippen molar-refractivity contribution in [1.29, 1.82) is 0 Å². The van der Waals surface area contributed by atoms with Crippen LogP contribution in [0.1, 0.15) is 40.7 Å². The predicted molar refractivity (Wildman–Crippen MR) is 153 cm³/mol. The summed E-state index contributed by atoms with van der Waals surface area (Å²) in [6, 6.07) is 13.0. The molecule has 1 amide bonds. The lowest BCUT2D eigenvalue weighted by molar-refractivity contribution is -0.384. The van der Waals surface area contributed by atoms with Crippen molar-refractivity contribution >= 4 is 51.4 Å². The molecule has 4 aromatic rings. The first kappa shape index (κ1) is 26.1. The number of phenols is 1. The number of carbonyl (C=O) groups is 1. The van der Waals surface area contributed by atoms with Crippen LogP contribution in [0.3, 0.4) is 0 Å². The molecule has 2 heterocycles. The number of rotatable bonds is 5. The minimum atomic E-state index is -0.579. The van der Waals surface area contributed by atoms with Gasteiger partial charge in [-0.1, -0.05) is 6.07 Å². The van der Waals surface area contributed by atoms with Crippen LogP contribution >= 0.6 is 12.2 Å². The van der Waals surface area contributed by atoms with Crippen molar-refractivity contribution in [3.8, 4) is 17.2 Å². The third-order valence-corrected chi connectivity index (χ3v) is 6.87. The van der Waals surface area contributed by atoms with E-state index in [0.29, 0.717) is 28.0 Å². The van der Waals surface area contributed by atoms with E-state index in [-0.39, 0.29) is 28.0 Å². The third-order valence-electron chi connectivity index (χ3n) is 6.66. The number of benzene rings is 3. The normalized spacial score (nSPS) is 13.3. The van der Waals surface area contributed by atoms with E-state index in [9.17, 15) is 20.0 Å². The average Bonchev–Trinajstić information content (AvgIpc) is 3.34. The number of amides is 1. The largest absolute Gasteiger partial charge is 0.507 e. The van der Waals surface area contributed by atoms with Gasteiger partial charge in [-0.15, -0.1) is 0 Å². The molecule has 5 rings (SSSR count). The van der Waals surface area contributed by atoms with E-state index < -0.39 is 10.8 Å². The van der Waals surface area contributed by atoms with Crippen LogP contribution in [0.5, 0.6) is 5.75 Å². The number of nitro groups is 1. The molecule has 1 aromatic heterocycles. The maximum absolute atomic E-state index is 12.9. The van der Waals surface area contributed by atoms with E-state index in [2.05, 4.69) is 15.6 Å². The molecule has 1 aliphatic heterocycles. The molecule has 1 saturated heterocycles.